The van der Waals surface area contributed by atoms with E-state index in [0.29, 0.717) is 25.2 Å². The summed E-state index contributed by atoms with van der Waals surface area (Å²) in [7, 11) is 0. The van der Waals surface area contributed by atoms with Gasteiger partial charge in [-0.3, -0.25) is 9.59 Å². The highest BCUT2D eigenvalue weighted by Crippen LogP contribution is 2.29. The molecule has 1 heterocycles. The summed E-state index contributed by atoms with van der Waals surface area (Å²) in [6.07, 6.45) is 1.21. The molecule has 6 heteroatoms. The molecule has 1 aliphatic rings. The van der Waals surface area contributed by atoms with Crippen molar-refractivity contribution in [3.05, 3.63) is 42.1 Å². The van der Waals surface area contributed by atoms with E-state index < -0.39 is 0 Å². The molecule has 120 valence electrons. The van der Waals surface area contributed by atoms with Gasteiger partial charge in [0.2, 0.25) is 0 Å². The molecule has 3 rings (SSSR count). The molecule has 1 saturated carbocycles. The van der Waals surface area contributed by atoms with Crippen molar-refractivity contribution in [2.45, 2.75) is 25.8 Å². The molecular formula is C17H18N2O4. The molecule has 0 bridgehead atoms. The van der Waals surface area contributed by atoms with E-state index in [4.69, 9.17) is 9.26 Å². The van der Waals surface area contributed by atoms with Gasteiger partial charge in [-0.15, -0.1) is 0 Å². The Hall–Kier alpha value is -2.63. The first-order chi connectivity index (χ1) is 11.2. The maximum absolute atomic E-state index is 12.1. The largest absolute Gasteiger partial charge is 0.466 e. The van der Waals surface area contributed by atoms with Gasteiger partial charge >= 0.3 is 5.97 Å². The monoisotopic (exact) mass is 314 g/mol. The van der Waals surface area contributed by atoms with E-state index in [2.05, 4.69) is 10.5 Å². The van der Waals surface area contributed by atoms with Gasteiger partial charge in [-0.05, 0) is 19.8 Å². The average Bonchev–Trinajstić information content (AvgIpc) is 3.01. The van der Waals surface area contributed by atoms with Crippen LogP contribution in [-0.2, 0) is 9.53 Å². The van der Waals surface area contributed by atoms with Crippen LogP contribution in [0.15, 0.2) is 40.9 Å². The van der Waals surface area contributed by atoms with Crippen molar-refractivity contribution in [3.8, 4) is 11.3 Å². The quantitative estimate of drug-likeness (QED) is 0.857. The number of carbonyl (C=O) groups is 2. The number of nitrogens with zero attached hydrogens (tertiary/aromatic N) is 1. The van der Waals surface area contributed by atoms with Crippen LogP contribution in [0.1, 0.15) is 30.3 Å². The highest BCUT2D eigenvalue weighted by atomic mass is 16.5. The summed E-state index contributed by atoms with van der Waals surface area (Å²) >= 11 is 0. The number of amides is 1. The fourth-order valence-corrected chi connectivity index (χ4v) is 2.57. The van der Waals surface area contributed by atoms with E-state index in [-0.39, 0.29) is 29.5 Å². The molecule has 1 aromatic heterocycles. The molecule has 0 aliphatic heterocycles. The number of aromatic nitrogens is 1. The Morgan fingerprint density at radius 1 is 1.30 bits per heavy atom. The lowest BCUT2D eigenvalue weighted by atomic mass is 9.80. The SMILES string of the molecule is CCOC(=O)[C@H]1C[C@H](NC(=O)c2cc(-c3ccccc3)on2)C1. The van der Waals surface area contributed by atoms with Crippen molar-refractivity contribution in [1.82, 2.24) is 10.5 Å². The third-order valence-electron chi connectivity index (χ3n) is 3.89. The molecule has 1 N–H and O–H groups in total. The standard InChI is InChI=1S/C17H18N2O4/c1-2-22-17(21)12-8-13(9-12)18-16(20)14-10-15(23-19-14)11-6-4-3-5-7-11/h3-7,10,12-13H,2,8-9H2,1H3,(H,18,20)/t12-,13-. The molecule has 0 saturated heterocycles. The van der Waals surface area contributed by atoms with Gasteiger partial charge in [0.25, 0.3) is 5.91 Å². The number of carbonyl (C=O) groups excluding carboxylic acids is 2. The van der Waals surface area contributed by atoms with Crippen LogP contribution < -0.4 is 5.32 Å². The highest BCUT2D eigenvalue weighted by Gasteiger charge is 2.36. The molecule has 1 aliphatic carbocycles. The smallest absolute Gasteiger partial charge is 0.309 e. The molecule has 0 spiro atoms. The van der Waals surface area contributed by atoms with E-state index in [1.54, 1.807) is 13.0 Å². The maximum atomic E-state index is 12.1. The van der Waals surface area contributed by atoms with Crippen molar-refractivity contribution in [2.24, 2.45) is 5.92 Å². The first-order valence-corrected chi connectivity index (χ1v) is 7.67. The second-order valence-corrected chi connectivity index (χ2v) is 5.53. The van der Waals surface area contributed by atoms with Gasteiger partial charge in [0, 0.05) is 17.7 Å². The van der Waals surface area contributed by atoms with E-state index >= 15 is 0 Å². The fraction of sp³-hybridized carbons (Fsp3) is 0.353. The Balaban J connectivity index is 1.54. The van der Waals surface area contributed by atoms with Crippen LogP contribution in [0.5, 0.6) is 0 Å². The minimum absolute atomic E-state index is 0.0196. The minimum Gasteiger partial charge on any atom is -0.466 e. The molecule has 0 atom stereocenters. The van der Waals surface area contributed by atoms with Crippen molar-refractivity contribution < 1.29 is 18.8 Å². The number of hydrogen-bond donors (Lipinski definition) is 1. The van der Waals surface area contributed by atoms with Gasteiger partial charge in [0.15, 0.2) is 11.5 Å². The Morgan fingerprint density at radius 2 is 2.04 bits per heavy atom. The lowest BCUT2D eigenvalue weighted by molar-refractivity contribution is -0.151. The van der Waals surface area contributed by atoms with Gasteiger partial charge in [-0.25, -0.2) is 0 Å². The number of benzene rings is 1. The van der Waals surface area contributed by atoms with Crippen molar-refractivity contribution in [1.29, 1.82) is 0 Å². The Kier molecular flexibility index (Phi) is 4.41. The summed E-state index contributed by atoms with van der Waals surface area (Å²) in [6.45, 7) is 2.16. The van der Waals surface area contributed by atoms with Crippen LogP contribution >= 0.6 is 0 Å². The van der Waals surface area contributed by atoms with Gasteiger partial charge in [0.1, 0.15) is 0 Å². The summed E-state index contributed by atoms with van der Waals surface area (Å²) in [5, 5.41) is 6.66. The minimum atomic E-state index is -0.289. The second-order valence-electron chi connectivity index (χ2n) is 5.53. The van der Waals surface area contributed by atoms with Gasteiger partial charge in [-0.1, -0.05) is 35.5 Å². The number of ether oxygens (including phenoxy) is 1. The van der Waals surface area contributed by atoms with E-state index in [0.717, 1.165) is 5.56 Å². The third-order valence-corrected chi connectivity index (χ3v) is 3.89. The van der Waals surface area contributed by atoms with Crippen molar-refractivity contribution >= 4 is 11.9 Å². The number of esters is 1. The zero-order valence-electron chi connectivity index (χ0n) is 12.8. The summed E-state index contributed by atoms with van der Waals surface area (Å²) in [4.78, 5) is 23.7. The van der Waals surface area contributed by atoms with Gasteiger partial charge < -0.3 is 14.6 Å². The van der Waals surface area contributed by atoms with Gasteiger partial charge in [0.05, 0.1) is 12.5 Å². The molecular weight excluding hydrogens is 296 g/mol. The Labute approximate surface area is 133 Å². The summed E-state index contributed by atoms with van der Waals surface area (Å²) in [6, 6.07) is 11.1. The van der Waals surface area contributed by atoms with Crippen molar-refractivity contribution in [3.63, 3.8) is 0 Å². The van der Waals surface area contributed by atoms with Crippen LogP contribution in [0, 0.1) is 5.92 Å². The van der Waals surface area contributed by atoms with Crippen LogP contribution in [-0.4, -0.2) is 29.7 Å². The van der Waals surface area contributed by atoms with Crippen molar-refractivity contribution in [2.75, 3.05) is 6.61 Å². The molecule has 0 unspecified atom stereocenters. The van der Waals surface area contributed by atoms with Crippen LogP contribution in [0.3, 0.4) is 0 Å². The molecule has 2 aromatic rings. The summed E-state index contributed by atoms with van der Waals surface area (Å²) < 4.78 is 10.2. The maximum Gasteiger partial charge on any atom is 0.309 e. The predicted molar refractivity (Wildman–Crippen MR) is 82.6 cm³/mol. The summed E-state index contributed by atoms with van der Waals surface area (Å²) in [5.41, 5.74) is 1.11. The lowest BCUT2D eigenvalue weighted by Crippen LogP contribution is -2.47. The van der Waals surface area contributed by atoms with Crippen LogP contribution in [0.2, 0.25) is 0 Å². The Bertz CT molecular complexity index is 690. The van der Waals surface area contributed by atoms with E-state index in [1.807, 2.05) is 30.3 Å². The molecule has 1 amide bonds. The normalized spacial score (nSPS) is 19.7. The van der Waals surface area contributed by atoms with E-state index in [9.17, 15) is 9.59 Å². The Morgan fingerprint density at radius 3 is 2.74 bits per heavy atom. The second kappa shape index (κ2) is 6.64. The highest BCUT2D eigenvalue weighted by molar-refractivity contribution is 5.93. The summed E-state index contributed by atoms with van der Waals surface area (Å²) in [5.74, 6) is -0.0414. The van der Waals surface area contributed by atoms with Gasteiger partial charge in [-0.2, -0.15) is 0 Å². The molecule has 6 nitrogen and oxygen atoms in total. The molecule has 1 fully saturated rings. The molecule has 0 radical (unpaired) electrons. The van der Waals surface area contributed by atoms with E-state index in [1.165, 1.54) is 0 Å². The first kappa shape index (κ1) is 15.3. The number of rotatable bonds is 5. The zero-order valence-corrected chi connectivity index (χ0v) is 12.8. The fourth-order valence-electron chi connectivity index (χ4n) is 2.57. The number of nitrogens with one attached hydrogen (secondary N) is 1. The zero-order chi connectivity index (χ0) is 16.2. The lowest BCUT2D eigenvalue weighted by Gasteiger charge is -2.33. The average molecular weight is 314 g/mol. The molecule has 23 heavy (non-hydrogen) atoms. The first-order valence-electron chi connectivity index (χ1n) is 7.67. The number of hydrogen-bond acceptors (Lipinski definition) is 5. The predicted octanol–water partition coefficient (Wildman–Crippen LogP) is 2.41. The van der Waals surface area contributed by atoms with Crippen LogP contribution in [0.4, 0.5) is 0 Å². The van der Waals surface area contributed by atoms with Crippen LogP contribution in [0.25, 0.3) is 11.3 Å². The topological polar surface area (TPSA) is 81.4 Å². The third kappa shape index (κ3) is 3.41. The molecule has 1 aromatic carbocycles.